The molecule has 2 aromatic carbocycles. The van der Waals surface area contributed by atoms with Gasteiger partial charge in [0.2, 0.25) is 0 Å². The van der Waals surface area contributed by atoms with Gasteiger partial charge in [-0.2, -0.15) is 0 Å². The third-order valence-electron chi connectivity index (χ3n) is 2.73. The first-order valence-corrected chi connectivity index (χ1v) is 8.13. The maximum absolute atomic E-state index is 10.8. The average molecular weight is 336 g/mol. The number of nitrogen functional groups attached to an aromatic ring is 2. The third-order valence-corrected chi connectivity index (χ3v) is 5.25. The van der Waals surface area contributed by atoms with Crippen LogP contribution in [0.1, 0.15) is 20.7 Å². The predicted octanol–water partition coefficient (Wildman–Crippen LogP) is 3.05. The van der Waals surface area contributed by atoms with Gasteiger partial charge in [-0.25, -0.2) is 9.59 Å². The molecule has 114 valence electrons. The van der Waals surface area contributed by atoms with Gasteiger partial charge in [-0.15, -0.1) is 0 Å². The van der Waals surface area contributed by atoms with E-state index in [1.165, 1.54) is 45.9 Å². The number of carboxylic acids is 2. The van der Waals surface area contributed by atoms with Crippen molar-refractivity contribution in [2.45, 2.75) is 9.79 Å². The van der Waals surface area contributed by atoms with Crippen molar-refractivity contribution in [3.63, 3.8) is 0 Å². The summed E-state index contributed by atoms with van der Waals surface area (Å²) in [4.78, 5) is 23.1. The van der Waals surface area contributed by atoms with E-state index in [2.05, 4.69) is 0 Å². The zero-order valence-electron chi connectivity index (χ0n) is 11.1. The predicted molar refractivity (Wildman–Crippen MR) is 87.3 cm³/mol. The van der Waals surface area contributed by atoms with Gasteiger partial charge >= 0.3 is 11.9 Å². The van der Waals surface area contributed by atoms with Crippen LogP contribution in [0.3, 0.4) is 0 Å². The Morgan fingerprint density at radius 2 is 1.14 bits per heavy atom. The van der Waals surface area contributed by atoms with E-state index in [1.807, 2.05) is 0 Å². The second kappa shape index (κ2) is 6.63. The first kappa shape index (κ1) is 16.1. The van der Waals surface area contributed by atoms with Gasteiger partial charge in [0.1, 0.15) is 0 Å². The Morgan fingerprint density at radius 1 is 0.773 bits per heavy atom. The molecule has 0 saturated heterocycles. The molecule has 0 aliphatic carbocycles. The van der Waals surface area contributed by atoms with Gasteiger partial charge in [0.15, 0.2) is 0 Å². The molecule has 0 aromatic heterocycles. The Bertz CT molecular complexity index is 686. The number of aromatic carboxylic acids is 2. The van der Waals surface area contributed by atoms with E-state index >= 15 is 0 Å². The van der Waals surface area contributed by atoms with Crippen molar-refractivity contribution in [2.75, 3.05) is 11.5 Å². The molecule has 0 spiro atoms. The summed E-state index contributed by atoms with van der Waals surface area (Å²) in [6, 6.07) is 8.97. The van der Waals surface area contributed by atoms with Crippen LogP contribution in [0.4, 0.5) is 11.4 Å². The van der Waals surface area contributed by atoms with Crippen molar-refractivity contribution in [1.29, 1.82) is 0 Å². The lowest BCUT2D eigenvalue weighted by atomic mass is 10.2. The van der Waals surface area contributed by atoms with E-state index in [0.717, 1.165) is 0 Å². The van der Waals surface area contributed by atoms with Crippen LogP contribution in [0, 0.1) is 0 Å². The van der Waals surface area contributed by atoms with Gasteiger partial charge in [-0.05, 0) is 36.4 Å². The molecule has 0 bridgehead atoms. The van der Waals surface area contributed by atoms with Crippen molar-refractivity contribution >= 4 is 44.9 Å². The molecule has 0 aliphatic heterocycles. The molecule has 22 heavy (non-hydrogen) atoms. The van der Waals surface area contributed by atoms with Gasteiger partial charge < -0.3 is 21.7 Å². The highest BCUT2D eigenvalue weighted by Crippen LogP contribution is 2.42. The summed E-state index contributed by atoms with van der Waals surface area (Å²) < 4.78 is 0. The van der Waals surface area contributed by atoms with Crippen LogP contribution in [0.15, 0.2) is 46.2 Å². The molecule has 0 radical (unpaired) electrons. The first-order chi connectivity index (χ1) is 10.4. The van der Waals surface area contributed by atoms with Gasteiger partial charge in [0, 0.05) is 21.2 Å². The van der Waals surface area contributed by atoms with E-state index in [-0.39, 0.29) is 11.1 Å². The van der Waals surface area contributed by atoms with E-state index in [9.17, 15) is 9.59 Å². The van der Waals surface area contributed by atoms with Crippen molar-refractivity contribution in [1.82, 2.24) is 0 Å². The maximum Gasteiger partial charge on any atom is 0.335 e. The molecule has 8 heteroatoms. The van der Waals surface area contributed by atoms with Crippen molar-refractivity contribution in [2.24, 2.45) is 0 Å². The minimum absolute atomic E-state index is 0.122. The van der Waals surface area contributed by atoms with Crippen LogP contribution < -0.4 is 11.5 Å². The number of anilines is 2. The summed E-state index contributed by atoms with van der Waals surface area (Å²) in [5.41, 5.74) is 12.6. The minimum atomic E-state index is -1.04. The molecule has 0 amide bonds. The monoisotopic (exact) mass is 336 g/mol. The Balaban J connectivity index is 2.13. The normalized spacial score (nSPS) is 10.4. The summed E-state index contributed by atoms with van der Waals surface area (Å²) in [5.74, 6) is -2.08. The lowest BCUT2D eigenvalue weighted by Crippen LogP contribution is -1.99. The fraction of sp³-hybridized carbons (Fsp3) is 0. The number of carboxylic acid groups (broad SMARTS) is 2. The number of benzene rings is 2. The van der Waals surface area contributed by atoms with Crippen LogP contribution in [0.2, 0.25) is 0 Å². The standard InChI is InChI=1S/C14H12N2O4S2/c15-9-5-7(13(17)18)1-3-11(9)21-22-12-4-2-8(14(19)20)6-10(12)16/h1-6H,15-16H2,(H,17,18)(H,19,20). The molecular weight excluding hydrogens is 324 g/mol. The summed E-state index contributed by atoms with van der Waals surface area (Å²) in [6.45, 7) is 0. The molecule has 0 saturated carbocycles. The Kier molecular flexibility index (Phi) is 4.84. The van der Waals surface area contributed by atoms with E-state index in [1.54, 1.807) is 12.1 Å². The zero-order chi connectivity index (χ0) is 16.3. The molecule has 0 heterocycles. The van der Waals surface area contributed by atoms with Gasteiger partial charge in [0.05, 0.1) is 11.1 Å². The molecule has 0 unspecified atom stereocenters. The molecule has 2 rings (SSSR count). The van der Waals surface area contributed by atoms with Crippen LogP contribution in [0.5, 0.6) is 0 Å². The van der Waals surface area contributed by atoms with E-state index < -0.39 is 11.9 Å². The highest BCUT2D eigenvalue weighted by atomic mass is 33.1. The minimum Gasteiger partial charge on any atom is -0.478 e. The Labute approximate surface area is 133 Å². The number of nitrogens with two attached hydrogens (primary N) is 2. The smallest absolute Gasteiger partial charge is 0.335 e. The van der Waals surface area contributed by atoms with Crippen molar-refractivity contribution < 1.29 is 19.8 Å². The number of carbonyl (C=O) groups is 2. The fourth-order valence-corrected chi connectivity index (χ4v) is 3.79. The van der Waals surface area contributed by atoms with Crippen molar-refractivity contribution in [3.05, 3.63) is 47.5 Å². The topological polar surface area (TPSA) is 127 Å². The van der Waals surface area contributed by atoms with E-state index in [0.29, 0.717) is 21.2 Å². The van der Waals surface area contributed by atoms with Gasteiger partial charge in [-0.1, -0.05) is 21.6 Å². The zero-order valence-corrected chi connectivity index (χ0v) is 12.8. The van der Waals surface area contributed by atoms with Crippen LogP contribution in [-0.4, -0.2) is 22.2 Å². The molecule has 0 atom stereocenters. The molecular formula is C14H12N2O4S2. The first-order valence-electron chi connectivity index (χ1n) is 5.98. The molecule has 6 N–H and O–H groups in total. The highest BCUT2D eigenvalue weighted by Gasteiger charge is 2.10. The SMILES string of the molecule is Nc1cc(C(=O)O)ccc1SSc1ccc(C(=O)O)cc1N. The highest BCUT2D eigenvalue weighted by molar-refractivity contribution is 8.76. The van der Waals surface area contributed by atoms with Gasteiger partial charge in [0.25, 0.3) is 0 Å². The number of hydrogen-bond acceptors (Lipinski definition) is 6. The Morgan fingerprint density at radius 3 is 1.41 bits per heavy atom. The third kappa shape index (κ3) is 3.66. The van der Waals surface area contributed by atoms with Crippen LogP contribution in [0.25, 0.3) is 0 Å². The average Bonchev–Trinajstić information content (AvgIpc) is 2.46. The Hall–Kier alpha value is -2.32. The fourth-order valence-electron chi connectivity index (χ4n) is 1.60. The lowest BCUT2D eigenvalue weighted by Gasteiger charge is -2.08. The second-order valence-electron chi connectivity index (χ2n) is 4.28. The summed E-state index contributed by atoms with van der Waals surface area (Å²) in [7, 11) is 2.64. The summed E-state index contributed by atoms with van der Waals surface area (Å²) in [5, 5.41) is 17.8. The number of rotatable bonds is 5. The van der Waals surface area contributed by atoms with Crippen LogP contribution in [-0.2, 0) is 0 Å². The lowest BCUT2D eigenvalue weighted by molar-refractivity contribution is 0.0686. The van der Waals surface area contributed by atoms with Crippen molar-refractivity contribution in [3.8, 4) is 0 Å². The quantitative estimate of drug-likeness (QED) is 0.485. The molecule has 2 aromatic rings. The largest absolute Gasteiger partial charge is 0.478 e. The number of hydrogen-bond donors (Lipinski definition) is 4. The molecule has 0 fully saturated rings. The molecule has 6 nitrogen and oxygen atoms in total. The second-order valence-corrected chi connectivity index (χ2v) is 6.50. The van der Waals surface area contributed by atoms with Gasteiger partial charge in [-0.3, -0.25) is 0 Å². The van der Waals surface area contributed by atoms with E-state index in [4.69, 9.17) is 21.7 Å². The summed E-state index contributed by atoms with van der Waals surface area (Å²) >= 11 is 0. The molecule has 0 aliphatic rings. The van der Waals surface area contributed by atoms with Crippen LogP contribution >= 0.6 is 21.6 Å². The summed E-state index contributed by atoms with van der Waals surface area (Å²) in [6.07, 6.45) is 0. The maximum atomic E-state index is 10.8.